The standard InChI is InChI=1S/C13H18O2S/c1-8-5-6-10-11(8)9(7-16-10)12(14)15-13(2,3)4/h7-8H,5-6H2,1-4H3. The van der Waals surface area contributed by atoms with Crippen molar-refractivity contribution in [3.8, 4) is 0 Å². The summed E-state index contributed by atoms with van der Waals surface area (Å²) < 4.78 is 5.42. The first-order valence-electron chi connectivity index (χ1n) is 5.72. The number of rotatable bonds is 1. The normalized spacial score (nSPS) is 19.6. The lowest BCUT2D eigenvalue weighted by Crippen LogP contribution is -2.24. The van der Waals surface area contributed by atoms with Crippen molar-refractivity contribution in [2.45, 2.75) is 52.1 Å². The van der Waals surface area contributed by atoms with Gasteiger partial charge in [0.25, 0.3) is 0 Å². The molecular formula is C13H18O2S. The van der Waals surface area contributed by atoms with Crippen LogP contribution in [0.3, 0.4) is 0 Å². The van der Waals surface area contributed by atoms with Crippen molar-refractivity contribution in [1.82, 2.24) is 0 Å². The van der Waals surface area contributed by atoms with E-state index in [0.717, 1.165) is 18.4 Å². The van der Waals surface area contributed by atoms with Gasteiger partial charge in [0.2, 0.25) is 0 Å². The zero-order valence-corrected chi connectivity index (χ0v) is 11.1. The van der Waals surface area contributed by atoms with E-state index in [0.29, 0.717) is 5.92 Å². The second-order valence-electron chi connectivity index (χ2n) is 5.43. The molecule has 1 heterocycles. The van der Waals surface area contributed by atoms with Crippen LogP contribution in [0, 0.1) is 0 Å². The summed E-state index contributed by atoms with van der Waals surface area (Å²) in [7, 11) is 0. The molecule has 3 heteroatoms. The third-order valence-corrected chi connectivity index (χ3v) is 3.89. The summed E-state index contributed by atoms with van der Waals surface area (Å²) in [4.78, 5) is 13.4. The quantitative estimate of drug-likeness (QED) is 0.696. The summed E-state index contributed by atoms with van der Waals surface area (Å²) >= 11 is 1.70. The lowest BCUT2D eigenvalue weighted by atomic mass is 10.0. The molecule has 0 saturated heterocycles. The molecular weight excluding hydrogens is 220 g/mol. The predicted molar refractivity (Wildman–Crippen MR) is 66.2 cm³/mol. The second kappa shape index (κ2) is 3.88. The van der Waals surface area contributed by atoms with E-state index in [4.69, 9.17) is 4.74 Å². The molecule has 1 aliphatic rings. The first-order valence-corrected chi connectivity index (χ1v) is 6.60. The van der Waals surface area contributed by atoms with Crippen LogP contribution in [0.25, 0.3) is 0 Å². The minimum Gasteiger partial charge on any atom is -0.456 e. The van der Waals surface area contributed by atoms with E-state index < -0.39 is 5.60 Å². The molecule has 1 unspecified atom stereocenters. The van der Waals surface area contributed by atoms with Crippen molar-refractivity contribution in [2.75, 3.05) is 0 Å². The zero-order valence-electron chi connectivity index (χ0n) is 10.3. The molecule has 0 fully saturated rings. The summed E-state index contributed by atoms with van der Waals surface area (Å²) in [6, 6.07) is 0. The van der Waals surface area contributed by atoms with E-state index in [1.54, 1.807) is 11.3 Å². The fraction of sp³-hybridized carbons (Fsp3) is 0.615. The highest BCUT2D eigenvalue weighted by Crippen LogP contribution is 2.39. The van der Waals surface area contributed by atoms with Gasteiger partial charge in [0.15, 0.2) is 0 Å². The number of aryl methyl sites for hydroxylation is 1. The van der Waals surface area contributed by atoms with Gasteiger partial charge in [-0.05, 0) is 45.1 Å². The minimum absolute atomic E-state index is 0.168. The Hall–Kier alpha value is -0.830. The molecule has 0 bridgehead atoms. The number of ether oxygens (including phenoxy) is 1. The van der Waals surface area contributed by atoms with E-state index in [2.05, 4.69) is 6.92 Å². The number of hydrogen-bond acceptors (Lipinski definition) is 3. The van der Waals surface area contributed by atoms with E-state index in [9.17, 15) is 4.79 Å². The Balaban J connectivity index is 2.26. The van der Waals surface area contributed by atoms with Crippen LogP contribution in [0.4, 0.5) is 0 Å². The molecule has 0 spiro atoms. The summed E-state index contributed by atoms with van der Waals surface area (Å²) in [5.41, 5.74) is 1.62. The molecule has 0 amide bonds. The van der Waals surface area contributed by atoms with Crippen molar-refractivity contribution in [3.05, 3.63) is 21.4 Å². The molecule has 88 valence electrons. The van der Waals surface area contributed by atoms with Gasteiger partial charge in [0, 0.05) is 10.3 Å². The lowest BCUT2D eigenvalue weighted by molar-refractivity contribution is 0.00687. The highest BCUT2D eigenvalue weighted by molar-refractivity contribution is 7.10. The maximum absolute atomic E-state index is 12.0. The van der Waals surface area contributed by atoms with Gasteiger partial charge in [0.1, 0.15) is 5.60 Å². The smallest absolute Gasteiger partial charge is 0.339 e. The Bertz CT molecular complexity index is 412. The number of esters is 1. The molecule has 1 aliphatic carbocycles. The third-order valence-electron chi connectivity index (χ3n) is 2.83. The maximum atomic E-state index is 12.0. The van der Waals surface area contributed by atoms with Gasteiger partial charge < -0.3 is 4.74 Å². The Morgan fingerprint density at radius 3 is 2.81 bits per heavy atom. The first-order chi connectivity index (χ1) is 7.38. The van der Waals surface area contributed by atoms with Crippen LogP contribution in [0.2, 0.25) is 0 Å². The van der Waals surface area contributed by atoms with Gasteiger partial charge in [-0.1, -0.05) is 6.92 Å². The molecule has 0 radical (unpaired) electrons. The number of thiophene rings is 1. The molecule has 1 aromatic heterocycles. The summed E-state index contributed by atoms with van der Waals surface area (Å²) in [5, 5.41) is 1.95. The van der Waals surface area contributed by atoms with Crippen LogP contribution in [0.15, 0.2) is 5.38 Å². The summed E-state index contributed by atoms with van der Waals surface area (Å²) in [5.74, 6) is 0.336. The van der Waals surface area contributed by atoms with E-state index in [1.807, 2.05) is 26.2 Å². The summed E-state index contributed by atoms with van der Waals surface area (Å²) in [6.07, 6.45) is 2.28. The highest BCUT2D eigenvalue weighted by atomic mass is 32.1. The van der Waals surface area contributed by atoms with Crippen LogP contribution in [0.5, 0.6) is 0 Å². The fourth-order valence-electron chi connectivity index (χ4n) is 2.12. The van der Waals surface area contributed by atoms with Gasteiger partial charge in [-0.2, -0.15) is 0 Å². The Labute approximate surface area is 101 Å². The predicted octanol–water partition coefficient (Wildman–Crippen LogP) is 3.75. The lowest BCUT2D eigenvalue weighted by Gasteiger charge is -2.19. The average Bonchev–Trinajstić information content (AvgIpc) is 2.66. The Morgan fingerprint density at radius 1 is 1.50 bits per heavy atom. The fourth-order valence-corrected chi connectivity index (χ4v) is 3.28. The Morgan fingerprint density at radius 2 is 2.19 bits per heavy atom. The van der Waals surface area contributed by atoms with Crippen molar-refractivity contribution < 1.29 is 9.53 Å². The van der Waals surface area contributed by atoms with Crippen LogP contribution < -0.4 is 0 Å². The van der Waals surface area contributed by atoms with Gasteiger partial charge in [-0.15, -0.1) is 11.3 Å². The molecule has 1 aromatic rings. The average molecular weight is 238 g/mol. The molecule has 2 nitrogen and oxygen atoms in total. The number of carbonyl (C=O) groups excluding carboxylic acids is 1. The Kier molecular flexibility index (Phi) is 2.82. The van der Waals surface area contributed by atoms with Crippen molar-refractivity contribution in [1.29, 1.82) is 0 Å². The van der Waals surface area contributed by atoms with Crippen LogP contribution in [-0.4, -0.2) is 11.6 Å². The zero-order chi connectivity index (χ0) is 11.9. The molecule has 0 aromatic carbocycles. The van der Waals surface area contributed by atoms with Crippen molar-refractivity contribution in [3.63, 3.8) is 0 Å². The number of carbonyl (C=O) groups is 1. The van der Waals surface area contributed by atoms with Crippen molar-refractivity contribution >= 4 is 17.3 Å². The molecule has 2 rings (SSSR count). The minimum atomic E-state index is -0.409. The highest BCUT2D eigenvalue weighted by Gasteiger charge is 2.29. The monoisotopic (exact) mass is 238 g/mol. The molecule has 0 saturated carbocycles. The largest absolute Gasteiger partial charge is 0.456 e. The van der Waals surface area contributed by atoms with Gasteiger partial charge in [0.05, 0.1) is 5.56 Å². The molecule has 16 heavy (non-hydrogen) atoms. The van der Waals surface area contributed by atoms with E-state index >= 15 is 0 Å². The van der Waals surface area contributed by atoms with Crippen LogP contribution >= 0.6 is 11.3 Å². The summed E-state index contributed by atoms with van der Waals surface area (Å²) in [6.45, 7) is 7.90. The van der Waals surface area contributed by atoms with Crippen molar-refractivity contribution in [2.24, 2.45) is 0 Å². The molecule has 0 N–H and O–H groups in total. The first kappa shape index (κ1) is 11.6. The van der Waals surface area contributed by atoms with Gasteiger partial charge in [-0.3, -0.25) is 0 Å². The van der Waals surface area contributed by atoms with Crippen LogP contribution in [0.1, 0.15) is 60.8 Å². The van der Waals surface area contributed by atoms with Crippen LogP contribution in [-0.2, 0) is 11.2 Å². The number of hydrogen-bond donors (Lipinski definition) is 0. The van der Waals surface area contributed by atoms with Gasteiger partial charge >= 0.3 is 5.97 Å². The topological polar surface area (TPSA) is 26.3 Å². The molecule has 0 aliphatic heterocycles. The SMILES string of the molecule is CC1CCc2scc(C(=O)OC(C)(C)C)c21. The van der Waals surface area contributed by atoms with E-state index in [1.165, 1.54) is 10.4 Å². The maximum Gasteiger partial charge on any atom is 0.339 e. The van der Waals surface area contributed by atoms with Gasteiger partial charge in [-0.25, -0.2) is 4.79 Å². The third kappa shape index (κ3) is 2.14. The second-order valence-corrected chi connectivity index (χ2v) is 6.39. The number of fused-ring (bicyclic) bond motifs is 1. The van der Waals surface area contributed by atoms with E-state index in [-0.39, 0.29) is 5.97 Å². The molecule has 1 atom stereocenters.